The van der Waals surface area contributed by atoms with E-state index in [1.54, 1.807) is 9.58 Å². The van der Waals surface area contributed by atoms with Gasteiger partial charge in [-0.05, 0) is 52.4 Å². The number of likely N-dealkylation sites (tertiary alicyclic amines) is 1. The van der Waals surface area contributed by atoms with Gasteiger partial charge in [0.25, 0.3) is 0 Å². The van der Waals surface area contributed by atoms with Gasteiger partial charge >= 0.3 is 12.1 Å². The maximum atomic E-state index is 12.4. The molecule has 0 radical (unpaired) electrons. The predicted molar refractivity (Wildman–Crippen MR) is 107 cm³/mol. The molecule has 0 aromatic carbocycles. The number of methoxy groups -OCH3 is 1. The van der Waals surface area contributed by atoms with Gasteiger partial charge in [0, 0.05) is 31.9 Å². The molecule has 0 saturated carbocycles. The second-order valence-electron chi connectivity index (χ2n) is 8.67. The van der Waals surface area contributed by atoms with Crippen LogP contribution in [0.5, 0.6) is 0 Å². The highest BCUT2D eigenvalue weighted by Gasteiger charge is 2.34. The van der Waals surface area contributed by atoms with E-state index >= 15 is 0 Å². The molecule has 1 amide bonds. The van der Waals surface area contributed by atoms with Gasteiger partial charge in [0.1, 0.15) is 11.4 Å². The number of nitrogen functional groups attached to an aromatic ring is 1. The van der Waals surface area contributed by atoms with Gasteiger partial charge in [-0.2, -0.15) is 5.10 Å². The third kappa shape index (κ3) is 4.83. The summed E-state index contributed by atoms with van der Waals surface area (Å²) in [6.07, 6.45) is 2.68. The normalized spacial score (nSPS) is 19.2. The number of ether oxygens (including phenoxy) is 3. The Morgan fingerprint density at radius 2 is 1.76 bits per heavy atom. The SMILES string of the molecule is COC(=O)c1nn(C2CCOCC2)c(N)c1C1CCN(C(=O)OC(C)(C)C)CC1. The average Bonchev–Trinajstić information content (AvgIpc) is 3.04. The quantitative estimate of drug-likeness (QED) is 0.766. The summed E-state index contributed by atoms with van der Waals surface area (Å²) in [5.41, 5.74) is 6.98. The van der Waals surface area contributed by atoms with Crippen LogP contribution in [0.3, 0.4) is 0 Å². The molecule has 9 heteroatoms. The molecular formula is C20H32N4O5. The van der Waals surface area contributed by atoms with E-state index < -0.39 is 11.6 Å². The summed E-state index contributed by atoms with van der Waals surface area (Å²) in [5.74, 6) is 0.0801. The smallest absolute Gasteiger partial charge is 0.410 e. The van der Waals surface area contributed by atoms with Gasteiger partial charge in [-0.1, -0.05) is 0 Å². The lowest BCUT2D eigenvalue weighted by Crippen LogP contribution is -2.41. The summed E-state index contributed by atoms with van der Waals surface area (Å²) in [6.45, 7) is 7.95. The third-order valence-electron chi connectivity index (χ3n) is 5.46. The summed E-state index contributed by atoms with van der Waals surface area (Å²) in [5, 5.41) is 4.54. The fourth-order valence-electron chi connectivity index (χ4n) is 4.00. The standard InChI is InChI=1S/C20H32N4O5/c1-20(2,3)29-19(26)23-9-5-13(6-10-23)15-16(18(25)27-4)22-24(17(15)21)14-7-11-28-12-8-14/h13-14H,5-12,21H2,1-4H3. The second-order valence-corrected chi connectivity index (χ2v) is 8.67. The molecule has 0 bridgehead atoms. The number of nitrogens with two attached hydrogens (primary N) is 1. The van der Waals surface area contributed by atoms with Crippen LogP contribution in [-0.4, -0.2) is 65.8 Å². The van der Waals surface area contributed by atoms with Crippen LogP contribution < -0.4 is 5.73 Å². The monoisotopic (exact) mass is 408 g/mol. The number of rotatable bonds is 3. The number of aromatic nitrogens is 2. The lowest BCUT2D eigenvalue weighted by atomic mass is 9.89. The zero-order valence-electron chi connectivity index (χ0n) is 17.8. The van der Waals surface area contributed by atoms with E-state index in [0.29, 0.717) is 45.0 Å². The first-order valence-electron chi connectivity index (χ1n) is 10.2. The zero-order chi connectivity index (χ0) is 21.2. The number of piperidine rings is 1. The number of amides is 1. The summed E-state index contributed by atoms with van der Waals surface area (Å²) in [7, 11) is 1.35. The highest BCUT2D eigenvalue weighted by molar-refractivity contribution is 5.90. The molecule has 1 aromatic heterocycles. The molecule has 2 aliphatic heterocycles. The van der Waals surface area contributed by atoms with Crippen molar-refractivity contribution in [1.29, 1.82) is 0 Å². The van der Waals surface area contributed by atoms with E-state index in [2.05, 4.69) is 5.10 Å². The number of carbonyl (C=O) groups excluding carboxylic acids is 2. The highest BCUT2D eigenvalue weighted by Crippen LogP contribution is 2.37. The highest BCUT2D eigenvalue weighted by atomic mass is 16.6. The van der Waals surface area contributed by atoms with Gasteiger partial charge in [-0.15, -0.1) is 0 Å². The Bertz CT molecular complexity index is 741. The first-order valence-corrected chi connectivity index (χ1v) is 10.2. The van der Waals surface area contributed by atoms with Crippen LogP contribution in [0, 0.1) is 0 Å². The van der Waals surface area contributed by atoms with Gasteiger partial charge in [0.15, 0.2) is 5.69 Å². The van der Waals surface area contributed by atoms with Crippen LogP contribution in [0.1, 0.15) is 74.5 Å². The number of carbonyl (C=O) groups is 2. The summed E-state index contributed by atoms with van der Waals surface area (Å²) < 4.78 is 17.6. The van der Waals surface area contributed by atoms with E-state index in [4.69, 9.17) is 19.9 Å². The Labute approximate surface area is 171 Å². The molecule has 29 heavy (non-hydrogen) atoms. The number of anilines is 1. The maximum absolute atomic E-state index is 12.4. The van der Waals surface area contributed by atoms with Crippen molar-refractivity contribution in [2.45, 2.75) is 64.0 Å². The van der Waals surface area contributed by atoms with Gasteiger partial charge in [0.2, 0.25) is 0 Å². The van der Waals surface area contributed by atoms with Crippen molar-refractivity contribution in [1.82, 2.24) is 14.7 Å². The Morgan fingerprint density at radius 3 is 2.31 bits per heavy atom. The molecule has 2 saturated heterocycles. The molecule has 0 aliphatic carbocycles. The first-order chi connectivity index (χ1) is 13.7. The van der Waals surface area contributed by atoms with Crippen LogP contribution in [0.15, 0.2) is 0 Å². The number of hydrogen-bond donors (Lipinski definition) is 1. The molecule has 2 fully saturated rings. The minimum absolute atomic E-state index is 0.0383. The van der Waals surface area contributed by atoms with Crippen molar-refractivity contribution < 1.29 is 23.8 Å². The lowest BCUT2D eigenvalue weighted by molar-refractivity contribution is 0.0204. The Hall–Kier alpha value is -2.29. The predicted octanol–water partition coefficient (Wildman–Crippen LogP) is 2.72. The topological polar surface area (TPSA) is 109 Å². The molecule has 0 spiro atoms. The van der Waals surface area contributed by atoms with Crippen molar-refractivity contribution in [3.05, 3.63) is 11.3 Å². The van der Waals surface area contributed by atoms with E-state index in [9.17, 15) is 9.59 Å². The van der Waals surface area contributed by atoms with E-state index in [1.165, 1.54) is 7.11 Å². The number of nitrogens with zero attached hydrogens (tertiary/aromatic N) is 3. The number of esters is 1. The minimum Gasteiger partial charge on any atom is -0.464 e. The molecular weight excluding hydrogens is 376 g/mol. The van der Waals surface area contributed by atoms with Gasteiger partial charge in [0.05, 0.1) is 13.2 Å². The van der Waals surface area contributed by atoms with Gasteiger partial charge in [-0.25, -0.2) is 14.3 Å². The summed E-state index contributed by atoms with van der Waals surface area (Å²) in [4.78, 5) is 26.4. The molecule has 9 nitrogen and oxygen atoms in total. The lowest BCUT2D eigenvalue weighted by Gasteiger charge is -2.33. The van der Waals surface area contributed by atoms with Crippen LogP contribution in [0.4, 0.5) is 10.6 Å². The van der Waals surface area contributed by atoms with Crippen molar-refractivity contribution in [2.75, 3.05) is 39.1 Å². The van der Waals surface area contributed by atoms with E-state index in [-0.39, 0.29) is 23.7 Å². The third-order valence-corrected chi connectivity index (χ3v) is 5.46. The average molecular weight is 408 g/mol. The molecule has 2 N–H and O–H groups in total. The summed E-state index contributed by atoms with van der Waals surface area (Å²) in [6, 6.07) is 0.114. The summed E-state index contributed by atoms with van der Waals surface area (Å²) >= 11 is 0. The van der Waals surface area contributed by atoms with Gasteiger partial charge < -0.3 is 24.8 Å². The van der Waals surface area contributed by atoms with Crippen LogP contribution in [0.2, 0.25) is 0 Å². The van der Waals surface area contributed by atoms with Crippen LogP contribution in [0.25, 0.3) is 0 Å². The molecule has 3 heterocycles. The first kappa shape index (κ1) is 21.4. The molecule has 1 aromatic rings. The fraction of sp³-hybridized carbons (Fsp3) is 0.750. The Morgan fingerprint density at radius 1 is 1.14 bits per heavy atom. The van der Waals surface area contributed by atoms with E-state index in [0.717, 1.165) is 18.4 Å². The Kier molecular flexibility index (Phi) is 6.36. The van der Waals surface area contributed by atoms with Crippen molar-refractivity contribution >= 4 is 17.9 Å². The van der Waals surface area contributed by atoms with E-state index in [1.807, 2.05) is 20.8 Å². The number of hydrogen-bond acceptors (Lipinski definition) is 7. The van der Waals surface area contributed by atoms with Crippen LogP contribution in [-0.2, 0) is 14.2 Å². The van der Waals surface area contributed by atoms with Crippen molar-refractivity contribution in [3.8, 4) is 0 Å². The molecule has 0 unspecified atom stereocenters. The maximum Gasteiger partial charge on any atom is 0.410 e. The van der Waals surface area contributed by atoms with Gasteiger partial charge in [-0.3, -0.25) is 0 Å². The fourth-order valence-corrected chi connectivity index (χ4v) is 4.00. The largest absolute Gasteiger partial charge is 0.464 e. The van der Waals surface area contributed by atoms with Crippen molar-refractivity contribution in [3.63, 3.8) is 0 Å². The van der Waals surface area contributed by atoms with Crippen molar-refractivity contribution in [2.24, 2.45) is 0 Å². The molecule has 0 atom stereocenters. The Balaban J connectivity index is 1.78. The minimum atomic E-state index is -0.527. The molecule has 3 rings (SSSR count). The molecule has 162 valence electrons. The second kappa shape index (κ2) is 8.61. The zero-order valence-corrected chi connectivity index (χ0v) is 17.8. The molecule has 2 aliphatic rings. The van der Waals surface area contributed by atoms with Crippen LogP contribution >= 0.6 is 0 Å².